The van der Waals surface area contributed by atoms with Gasteiger partial charge in [0.1, 0.15) is 0 Å². The molecule has 3 N–H and O–H groups in total. The normalized spacial score (nSPS) is 10.2. The highest BCUT2D eigenvalue weighted by Crippen LogP contribution is 2.21. The summed E-state index contributed by atoms with van der Waals surface area (Å²) in [7, 11) is 0. The van der Waals surface area contributed by atoms with Crippen molar-refractivity contribution >= 4 is 17.3 Å². The van der Waals surface area contributed by atoms with Crippen molar-refractivity contribution < 1.29 is 9.53 Å². The number of nitrogens with zero attached hydrogens (tertiary/aromatic N) is 1. The smallest absolute Gasteiger partial charge is 0.338 e. The van der Waals surface area contributed by atoms with Gasteiger partial charge in [0, 0.05) is 18.9 Å². The number of anilines is 2. The van der Waals surface area contributed by atoms with E-state index in [1.54, 1.807) is 31.3 Å². The van der Waals surface area contributed by atoms with Gasteiger partial charge in [0.05, 0.1) is 23.5 Å². The number of aryl methyl sites for hydroxylation is 1. The maximum atomic E-state index is 11.6. The van der Waals surface area contributed by atoms with Gasteiger partial charge in [-0.1, -0.05) is 0 Å². The fourth-order valence-corrected chi connectivity index (χ4v) is 1.94. The Morgan fingerprint density at radius 1 is 1.38 bits per heavy atom. The number of nitrogen functional groups attached to an aromatic ring is 1. The second kappa shape index (κ2) is 6.74. The highest BCUT2D eigenvalue weighted by atomic mass is 16.5. The van der Waals surface area contributed by atoms with Gasteiger partial charge in [0.15, 0.2) is 0 Å². The highest BCUT2D eigenvalue weighted by Gasteiger charge is 2.09. The summed E-state index contributed by atoms with van der Waals surface area (Å²) in [6.07, 6.45) is 3.59. The molecule has 0 saturated heterocycles. The van der Waals surface area contributed by atoms with E-state index in [1.165, 1.54) is 5.56 Å². The predicted molar refractivity (Wildman–Crippen MR) is 83.1 cm³/mol. The van der Waals surface area contributed by atoms with Crippen LogP contribution in [0.3, 0.4) is 0 Å². The molecule has 0 aliphatic heterocycles. The van der Waals surface area contributed by atoms with E-state index in [2.05, 4.69) is 10.3 Å². The minimum Gasteiger partial charge on any atom is -0.462 e. The average molecular weight is 285 g/mol. The quantitative estimate of drug-likeness (QED) is 0.652. The first kappa shape index (κ1) is 14.8. The van der Waals surface area contributed by atoms with E-state index >= 15 is 0 Å². The Morgan fingerprint density at radius 2 is 2.19 bits per heavy atom. The van der Waals surface area contributed by atoms with Crippen LogP contribution >= 0.6 is 0 Å². The minimum atomic E-state index is -0.362. The van der Waals surface area contributed by atoms with Crippen molar-refractivity contribution in [3.8, 4) is 0 Å². The van der Waals surface area contributed by atoms with Crippen LogP contribution in [-0.4, -0.2) is 17.6 Å². The monoisotopic (exact) mass is 285 g/mol. The maximum absolute atomic E-state index is 11.6. The number of hydrogen-bond donors (Lipinski definition) is 2. The van der Waals surface area contributed by atoms with Gasteiger partial charge in [-0.2, -0.15) is 0 Å². The third kappa shape index (κ3) is 3.72. The summed E-state index contributed by atoms with van der Waals surface area (Å²) >= 11 is 0. The standard InChI is InChI=1S/C16H19N3O2/c1-3-21-16(20)12-4-5-15(14(17)8-12)19-10-13-9-18-7-6-11(13)2/h4-9,19H,3,10,17H2,1-2H3. The Labute approximate surface area is 124 Å². The van der Waals surface area contributed by atoms with E-state index in [4.69, 9.17) is 10.5 Å². The van der Waals surface area contributed by atoms with Gasteiger partial charge in [-0.05, 0) is 49.2 Å². The lowest BCUT2D eigenvalue weighted by Gasteiger charge is -2.12. The Bertz CT molecular complexity index is 641. The van der Waals surface area contributed by atoms with Gasteiger partial charge in [0.25, 0.3) is 0 Å². The lowest BCUT2D eigenvalue weighted by molar-refractivity contribution is 0.0526. The second-order valence-electron chi connectivity index (χ2n) is 4.68. The number of rotatable bonds is 5. The fourth-order valence-electron chi connectivity index (χ4n) is 1.94. The summed E-state index contributed by atoms with van der Waals surface area (Å²) in [4.78, 5) is 15.7. The first-order chi connectivity index (χ1) is 10.1. The van der Waals surface area contributed by atoms with Crippen LogP contribution in [0.5, 0.6) is 0 Å². The first-order valence-electron chi connectivity index (χ1n) is 6.81. The topological polar surface area (TPSA) is 77.2 Å². The molecule has 2 rings (SSSR count). The molecule has 0 radical (unpaired) electrons. The zero-order valence-corrected chi connectivity index (χ0v) is 12.2. The van der Waals surface area contributed by atoms with Crippen molar-refractivity contribution in [2.24, 2.45) is 0 Å². The van der Waals surface area contributed by atoms with Crippen LogP contribution in [0.15, 0.2) is 36.7 Å². The van der Waals surface area contributed by atoms with Crippen LogP contribution in [0.25, 0.3) is 0 Å². The third-order valence-corrected chi connectivity index (χ3v) is 3.18. The molecule has 0 bridgehead atoms. The molecular weight excluding hydrogens is 266 g/mol. The van der Waals surface area contributed by atoms with Crippen LogP contribution < -0.4 is 11.1 Å². The molecule has 2 aromatic rings. The molecule has 21 heavy (non-hydrogen) atoms. The van der Waals surface area contributed by atoms with Crippen LogP contribution in [0.2, 0.25) is 0 Å². The van der Waals surface area contributed by atoms with E-state index < -0.39 is 0 Å². The zero-order valence-electron chi connectivity index (χ0n) is 12.2. The minimum absolute atomic E-state index is 0.346. The van der Waals surface area contributed by atoms with Gasteiger partial charge in [-0.15, -0.1) is 0 Å². The number of ether oxygens (including phenoxy) is 1. The molecule has 110 valence electrons. The van der Waals surface area contributed by atoms with Gasteiger partial charge in [0.2, 0.25) is 0 Å². The third-order valence-electron chi connectivity index (χ3n) is 3.18. The Balaban J connectivity index is 2.08. The number of hydrogen-bond acceptors (Lipinski definition) is 5. The molecule has 0 saturated carbocycles. The van der Waals surface area contributed by atoms with Crippen molar-refractivity contribution in [2.45, 2.75) is 20.4 Å². The van der Waals surface area contributed by atoms with Crippen molar-refractivity contribution in [3.05, 3.63) is 53.3 Å². The van der Waals surface area contributed by atoms with Crippen LogP contribution in [0.1, 0.15) is 28.4 Å². The number of nitrogens with one attached hydrogen (secondary N) is 1. The molecule has 0 spiro atoms. The van der Waals surface area contributed by atoms with E-state index in [1.807, 2.05) is 19.2 Å². The molecule has 0 aliphatic carbocycles. The number of esters is 1. The lowest BCUT2D eigenvalue weighted by Crippen LogP contribution is -2.08. The predicted octanol–water partition coefficient (Wildman–Crippen LogP) is 2.76. The van der Waals surface area contributed by atoms with E-state index in [9.17, 15) is 4.79 Å². The molecule has 0 unspecified atom stereocenters. The van der Waals surface area contributed by atoms with Gasteiger partial charge in [-0.25, -0.2) is 4.79 Å². The van der Waals surface area contributed by atoms with Gasteiger partial charge >= 0.3 is 5.97 Å². The summed E-state index contributed by atoms with van der Waals surface area (Å²) in [5, 5.41) is 3.25. The SMILES string of the molecule is CCOC(=O)c1ccc(NCc2cnccc2C)c(N)c1. The molecule has 0 amide bonds. The van der Waals surface area contributed by atoms with E-state index in [-0.39, 0.29) is 5.97 Å². The van der Waals surface area contributed by atoms with Crippen LogP contribution in [0, 0.1) is 6.92 Å². The Kier molecular flexibility index (Phi) is 4.77. The van der Waals surface area contributed by atoms with Crippen molar-refractivity contribution in [1.82, 2.24) is 4.98 Å². The number of pyridine rings is 1. The number of aromatic nitrogens is 1. The summed E-state index contributed by atoms with van der Waals surface area (Å²) < 4.78 is 4.94. The van der Waals surface area contributed by atoms with Crippen molar-refractivity contribution in [2.75, 3.05) is 17.7 Å². The molecule has 0 atom stereocenters. The largest absolute Gasteiger partial charge is 0.462 e. The molecule has 0 aliphatic rings. The summed E-state index contributed by atoms with van der Waals surface area (Å²) in [5.74, 6) is -0.362. The molecular formula is C16H19N3O2. The van der Waals surface area contributed by atoms with Gasteiger partial charge < -0.3 is 15.8 Å². The zero-order chi connectivity index (χ0) is 15.2. The summed E-state index contributed by atoms with van der Waals surface area (Å²) in [5.41, 5.74) is 10.00. The molecule has 1 aromatic carbocycles. The molecule has 1 aromatic heterocycles. The van der Waals surface area contributed by atoms with Crippen LogP contribution in [-0.2, 0) is 11.3 Å². The first-order valence-corrected chi connectivity index (χ1v) is 6.81. The molecule has 5 nitrogen and oxygen atoms in total. The number of nitrogens with two attached hydrogens (primary N) is 1. The molecule has 5 heteroatoms. The van der Waals surface area contributed by atoms with E-state index in [0.717, 1.165) is 11.3 Å². The van der Waals surface area contributed by atoms with Crippen molar-refractivity contribution in [3.63, 3.8) is 0 Å². The van der Waals surface area contributed by atoms with E-state index in [0.29, 0.717) is 24.4 Å². The Morgan fingerprint density at radius 3 is 2.86 bits per heavy atom. The summed E-state index contributed by atoms with van der Waals surface area (Å²) in [6, 6.07) is 7.07. The molecule has 1 heterocycles. The molecule has 0 fully saturated rings. The summed E-state index contributed by atoms with van der Waals surface area (Å²) in [6.45, 7) is 4.78. The lowest BCUT2D eigenvalue weighted by atomic mass is 10.1. The highest BCUT2D eigenvalue weighted by molar-refractivity contribution is 5.91. The Hall–Kier alpha value is -2.56. The number of benzene rings is 1. The van der Waals surface area contributed by atoms with Gasteiger partial charge in [-0.3, -0.25) is 4.98 Å². The number of carbonyl (C=O) groups is 1. The maximum Gasteiger partial charge on any atom is 0.338 e. The van der Waals surface area contributed by atoms with Crippen LogP contribution in [0.4, 0.5) is 11.4 Å². The average Bonchev–Trinajstić information content (AvgIpc) is 2.47. The second-order valence-corrected chi connectivity index (χ2v) is 4.68. The number of carbonyl (C=O) groups excluding carboxylic acids is 1. The van der Waals surface area contributed by atoms with Crippen molar-refractivity contribution in [1.29, 1.82) is 0 Å². The fraction of sp³-hybridized carbons (Fsp3) is 0.250.